The second-order valence-electron chi connectivity index (χ2n) is 5.03. The molecule has 1 aromatic carbocycles. The minimum Gasteiger partial charge on any atom is -0.445 e. The summed E-state index contributed by atoms with van der Waals surface area (Å²) in [6.07, 6.45) is 1.72. The van der Waals surface area contributed by atoms with E-state index in [2.05, 4.69) is 0 Å². The first-order chi connectivity index (χ1) is 9.65. The minimum absolute atomic E-state index is 0.287. The van der Waals surface area contributed by atoms with E-state index in [9.17, 15) is 9.59 Å². The molecule has 2 rings (SSSR count). The SMILES string of the molecule is O=C(Cl)CC1CCN(C(=O)OCc2ccccc2)CC1. The van der Waals surface area contributed by atoms with Crippen LogP contribution >= 0.6 is 11.6 Å². The monoisotopic (exact) mass is 295 g/mol. The molecule has 0 atom stereocenters. The van der Waals surface area contributed by atoms with Crippen molar-refractivity contribution in [1.29, 1.82) is 0 Å². The molecule has 1 aliphatic heterocycles. The summed E-state index contributed by atoms with van der Waals surface area (Å²) < 4.78 is 5.28. The van der Waals surface area contributed by atoms with Crippen molar-refractivity contribution in [3.05, 3.63) is 35.9 Å². The van der Waals surface area contributed by atoms with Gasteiger partial charge in [-0.3, -0.25) is 4.79 Å². The van der Waals surface area contributed by atoms with Gasteiger partial charge in [0.1, 0.15) is 6.61 Å². The number of carbonyl (C=O) groups excluding carboxylic acids is 2. The molecule has 1 aliphatic rings. The van der Waals surface area contributed by atoms with Crippen molar-refractivity contribution in [1.82, 2.24) is 4.90 Å². The van der Waals surface area contributed by atoms with Crippen molar-refractivity contribution in [3.8, 4) is 0 Å². The summed E-state index contributed by atoms with van der Waals surface area (Å²) in [4.78, 5) is 24.5. The number of halogens is 1. The number of amides is 1. The van der Waals surface area contributed by atoms with Gasteiger partial charge in [0, 0.05) is 19.5 Å². The predicted molar refractivity (Wildman–Crippen MR) is 76.4 cm³/mol. The fourth-order valence-electron chi connectivity index (χ4n) is 2.36. The number of hydrogen-bond donors (Lipinski definition) is 0. The van der Waals surface area contributed by atoms with Gasteiger partial charge in [0.05, 0.1) is 0 Å². The summed E-state index contributed by atoms with van der Waals surface area (Å²) in [7, 11) is 0. The van der Waals surface area contributed by atoms with Crippen molar-refractivity contribution >= 4 is 22.9 Å². The Balaban J connectivity index is 1.73. The van der Waals surface area contributed by atoms with Crippen LogP contribution in [0.25, 0.3) is 0 Å². The number of rotatable bonds is 4. The van der Waals surface area contributed by atoms with Gasteiger partial charge in [-0.15, -0.1) is 0 Å². The molecular formula is C15H18ClNO3. The van der Waals surface area contributed by atoms with Crippen LogP contribution in [0.5, 0.6) is 0 Å². The van der Waals surface area contributed by atoms with Crippen molar-refractivity contribution in [2.24, 2.45) is 5.92 Å². The van der Waals surface area contributed by atoms with Gasteiger partial charge >= 0.3 is 6.09 Å². The Labute approximate surface area is 123 Å². The fraction of sp³-hybridized carbons (Fsp3) is 0.467. The van der Waals surface area contributed by atoms with E-state index in [1.165, 1.54) is 0 Å². The summed E-state index contributed by atoms with van der Waals surface area (Å²) >= 11 is 5.38. The first kappa shape index (κ1) is 14.9. The zero-order chi connectivity index (χ0) is 14.4. The van der Waals surface area contributed by atoms with Gasteiger partial charge in [-0.05, 0) is 35.9 Å². The molecule has 0 N–H and O–H groups in total. The molecule has 20 heavy (non-hydrogen) atoms. The molecule has 0 spiro atoms. The van der Waals surface area contributed by atoms with E-state index in [1.807, 2.05) is 30.3 Å². The van der Waals surface area contributed by atoms with Crippen molar-refractivity contribution in [3.63, 3.8) is 0 Å². The molecule has 0 aliphatic carbocycles. The molecule has 0 unspecified atom stereocenters. The van der Waals surface area contributed by atoms with Crippen LogP contribution in [0.3, 0.4) is 0 Å². The highest BCUT2D eigenvalue weighted by Crippen LogP contribution is 2.22. The van der Waals surface area contributed by atoms with Gasteiger partial charge < -0.3 is 9.64 Å². The standard InChI is InChI=1S/C15H18ClNO3/c16-14(18)10-12-6-8-17(9-7-12)15(19)20-11-13-4-2-1-3-5-13/h1-5,12H,6-11H2. The van der Waals surface area contributed by atoms with Crippen LogP contribution in [0.4, 0.5) is 4.79 Å². The van der Waals surface area contributed by atoms with Gasteiger partial charge in [-0.25, -0.2) is 4.79 Å². The van der Waals surface area contributed by atoms with Crippen molar-refractivity contribution in [2.45, 2.75) is 25.9 Å². The average Bonchev–Trinajstić information content (AvgIpc) is 2.46. The van der Waals surface area contributed by atoms with Gasteiger partial charge in [0.15, 0.2) is 0 Å². The highest BCUT2D eigenvalue weighted by atomic mass is 35.5. The number of likely N-dealkylation sites (tertiary alicyclic amines) is 1. The summed E-state index contributed by atoms with van der Waals surface area (Å²) in [5, 5.41) is -0.296. The van der Waals surface area contributed by atoms with E-state index < -0.39 is 0 Å². The number of ether oxygens (including phenoxy) is 1. The number of piperidine rings is 1. The largest absolute Gasteiger partial charge is 0.445 e. The number of carbonyl (C=O) groups is 2. The first-order valence-corrected chi connectivity index (χ1v) is 7.17. The molecule has 1 heterocycles. The Hall–Kier alpha value is -1.55. The molecule has 1 aromatic rings. The first-order valence-electron chi connectivity index (χ1n) is 6.79. The zero-order valence-corrected chi connectivity index (χ0v) is 12.0. The van der Waals surface area contributed by atoms with E-state index in [1.54, 1.807) is 4.90 Å². The number of hydrogen-bond acceptors (Lipinski definition) is 3. The van der Waals surface area contributed by atoms with Crippen molar-refractivity contribution < 1.29 is 14.3 Å². The van der Waals surface area contributed by atoms with E-state index in [0.29, 0.717) is 26.1 Å². The zero-order valence-electron chi connectivity index (χ0n) is 11.3. The van der Waals surface area contributed by atoms with Crippen LogP contribution in [0.1, 0.15) is 24.8 Å². The molecule has 0 saturated carbocycles. The number of nitrogens with zero attached hydrogens (tertiary/aromatic N) is 1. The molecule has 4 nitrogen and oxygen atoms in total. The Bertz CT molecular complexity index is 455. The molecular weight excluding hydrogens is 278 g/mol. The van der Waals surface area contributed by atoms with Crippen LogP contribution in [0, 0.1) is 5.92 Å². The van der Waals surface area contributed by atoms with E-state index >= 15 is 0 Å². The van der Waals surface area contributed by atoms with E-state index in [-0.39, 0.29) is 17.3 Å². The second-order valence-corrected chi connectivity index (χ2v) is 5.45. The van der Waals surface area contributed by atoms with Crippen LogP contribution in [0.2, 0.25) is 0 Å². The van der Waals surface area contributed by atoms with Gasteiger partial charge in [-0.2, -0.15) is 0 Å². The fourth-order valence-corrected chi connectivity index (χ4v) is 2.58. The summed E-state index contributed by atoms with van der Waals surface area (Å²) in [5.74, 6) is 0.290. The molecule has 0 aromatic heterocycles. The van der Waals surface area contributed by atoms with Gasteiger partial charge in [0.2, 0.25) is 5.24 Å². The number of benzene rings is 1. The third-order valence-corrected chi connectivity index (χ3v) is 3.68. The molecule has 0 bridgehead atoms. The molecule has 1 fully saturated rings. The molecule has 5 heteroatoms. The molecule has 1 amide bonds. The maximum absolute atomic E-state index is 11.9. The van der Waals surface area contributed by atoms with Gasteiger partial charge in [-0.1, -0.05) is 30.3 Å². The summed E-state index contributed by atoms with van der Waals surface area (Å²) in [6.45, 7) is 1.55. The predicted octanol–water partition coefficient (Wildman–Crippen LogP) is 3.19. The Morgan fingerprint density at radius 1 is 1.20 bits per heavy atom. The maximum atomic E-state index is 11.9. The highest BCUT2D eigenvalue weighted by molar-refractivity contribution is 6.63. The maximum Gasteiger partial charge on any atom is 0.410 e. The van der Waals surface area contributed by atoms with Crippen LogP contribution in [0.15, 0.2) is 30.3 Å². The Morgan fingerprint density at radius 3 is 2.45 bits per heavy atom. The lowest BCUT2D eigenvalue weighted by molar-refractivity contribution is -0.112. The Kier molecular flexibility index (Phi) is 5.41. The summed E-state index contributed by atoms with van der Waals surface area (Å²) in [6, 6.07) is 9.60. The summed E-state index contributed by atoms with van der Waals surface area (Å²) in [5.41, 5.74) is 0.975. The highest BCUT2D eigenvalue weighted by Gasteiger charge is 2.24. The van der Waals surface area contributed by atoms with Crippen LogP contribution < -0.4 is 0 Å². The second kappa shape index (κ2) is 7.29. The quantitative estimate of drug-likeness (QED) is 0.802. The molecule has 1 saturated heterocycles. The lowest BCUT2D eigenvalue weighted by atomic mass is 9.94. The van der Waals surface area contributed by atoms with E-state index in [0.717, 1.165) is 18.4 Å². The normalized spacial score (nSPS) is 15.9. The minimum atomic E-state index is -0.296. The third kappa shape index (κ3) is 4.53. The molecule has 108 valence electrons. The van der Waals surface area contributed by atoms with Gasteiger partial charge in [0.25, 0.3) is 0 Å². The third-order valence-electron chi connectivity index (χ3n) is 3.53. The van der Waals surface area contributed by atoms with Crippen molar-refractivity contribution in [2.75, 3.05) is 13.1 Å². The topological polar surface area (TPSA) is 46.6 Å². The van der Waals surface area contributed by atoms with Crippen LogP contribution in [-0.4, -0.2) is 29.3 Å². The smallest absolute Gasteiger partial charge is 0.410 e. The average molecular weight is 296 g/mol. The van der Waals surface area contributed by atoms with Crippen LogP contribution in [-0.2, 0) is 16.1 Å². The molecule has 0 radical (unpaired) electrons. The lowest BCUT2D eigenvalue weighted by Gasteiger charge is -2.30. The lowest BCUT2D eigenvalue weighted by Crippen LogP contribution is -2.39. The van der Waals surface area contributed by atoms with E-state index in [4.69, 9.17) is 16.3 Å². The Morgan fingerprint density at radius 2 is 1.85 bits per heavy atom.